The lowest BCUT2D eigenvalue weighted by Crippen LogP contribution is -2.42. The van der Waals surface area contributed by atoms with Crippen LogP contribution in [0.3, 0.4) is 0 Å². The van der Waals surface area contributed by atoms with Crippen molar-refractivity contribution in [2.24, 2.45) is 7.05 Å². The summed E-state index contributed by atoms with van der Waals surface area (Å²) in [5.74, 6) is -0.373. The average Bonchev–Trinajstić information content (AvgIpc) is 3.50. The number of β-amino-alcohol motifs (C(OH)–C–C–N with tert-alkyl or cyclic N) is 1. The van der Waals surface area contributed by atoms with Crippen molar-refractivity contribution in [1.29, 1.82) is 0 Å². The Labute approximate surface area is 268 Å². The van der Waals surface area contributed by atoms with Crippen molar-refractivity contribution in [2.75, 3.05) is 25.5 Å². The van der Waals surface area contributed by atoms with Gasteiger partial charge >= 0.3 is 5.69 Å². The number of ether oxygens (including phenoxy) is 1. The third-order valence-electron chi connectivity index (χ3n) is 8.56. The maximum absolute atomic E-state index is 15.6. The molecule has 1 atom stereocenters. The SMILES string of the molecule is COc1ccc(Cn2c(=O)c3c(Nc4cccc(C(=O)N5CCC(O)C5)c4)c(C)c(=O)n(C)c3n(-c3ccc(C)cc3F)c2=O)cc1. The van der Waals surface area contributed by atoms with Gasteiger partial charge < -0.3 is 20.1 Å². The van der Waals surface area contributed by atoms with Crippen molar-refractivity contribution in [3.8, 4) is 11.4 Å². The van der Waals surface area contributed by atoms with Crippen molar-refractivity contribution in [1.82, 2.24) is 18.6 Å². The van der Waals surface area contributed by atoms with Crippen LogP contribution in [0.25, 0.3) is 16.7 Å². The number of rotatable bonds is 7. The Balaban J connectivity index is 1.60. The van der Waals surface area contributed by atoms with Crippen LogP contribution >= 0.6 is 0 Å². The number of hydrogen-bond acceptors (Lipinski definition) is 7. The van der Waals surface area contributed by atoms with E-state index in [9.17, 15) is 24.3 Å². The van der Waals surface area contributed by atoms with E-state index in [-0.39, 0.29) is 47.0 Å². The maximum atomic E-state index is 15.6. The molecule has 1 saturated heterocycles. The molecule has 1 fully saturated rings. The van der Waals surface area contributed by atoms with Gasteiger partial charge in [0.25, 0.3) is 17.0 Å². The summed E-state index contributed by atoms with van der Waals surface area (Å²) < 4.78 is 24.1. The summed E-state index contributed by atoms with van der Waals surface area (Å²) in [7, 11) is 2.96. The van der Waals surface area contributed by atoms with Crippen molar-refractivity contribution in [2.45, 2.75) is 32.9 Å². The monoisotopic (exact) mass is 639 g/mol. The Morgan fingerprint density at radius 1 is 1.02 bits per heavy atom. The normalized spacial score (nSPS) is 14.5. The van der Waals surface area contributed by atoms with Gasteiger partial charge in [0, 0.05) is 37.0 Å². The molecule has 242 valence electrons. The molecule has 1 amide bonds. The minimum Gasteiger partial charge on any atom is -0.497 e. The quantitative estimate of drug-likeness (QED) is 0.279. The highest BCUT2D eigenvalue weighted by Gasteiger charge is 2.27. The fraction of sp³-hybridized carbons (Fsp3) is 0.257. The number of aliphatic hydroxyl groups is 1. The standard InChI is InChI=1S/C35H34FN5O6/c1-20-8-13-28(27(36)16-20)41-31-29(34(45)40(35(41)46)18-22-9-11-26(47-4)12-10-22)30(21(2)32(43)38(31)3)37-24-7-5-6-23(17-24)33(44)39-15-14-25(42)19-39/h5-13,16-17,25,37,42H,14-15,18-19H2,1-4H3. The molecule has 2 N–H and O–H groups in total. The molecule has 3 aromatic carbocycles. The molecule has 12 heteroatoms. The number of aliphatic hydroxyl groups excluding tert-OH is 1. The predicted octanol–water partition coefficient (Wildman–Crippen LogP) is 3.61. The van der Waals surface area contributed by atoms with Crippen LogP contribution in [-0.4, -0.2) is 55.9 Å². The van der Waals surface area contributed by atoms with Gasteiger partial charge in [0.2, 0.25) is 0 Å². The molecule has 0 aliphatic carbocycles. The van der Waals surface area contributed by atoms with Gasteiger partial charge in [-0.3, -0.25) is 23.5 Å². The first-order chi connectivity index (χ1) is 22.5. The van der Waals surface area contributed by atoms with E-state index >= 15 is 4.39 Å². The van der Waals surface area contributed by atoms with Gasteiger partial charge in [-0.25, -0.2) is 13.8 Å². The van der Waals surface area contributed by atoms with Crippen LogP contribution in [0.5, 0.6) is 5.75 Å². The van der Waals surface area contributed by atoms with Crippen molar-refractivity contribution < 1.29 is 19.0 Å². The van der Waals surface area contributed by atoms with Gasteiger partial charge in [0.15, 0.2) is 0 Å². The molecular formula is C35H34FN5O6. The van der Waals surface area contributed by atoms with Gasteiger partial charge in [-0.2, -0.15) is 0 Å². The van der Waals surface area contributed by atoms with Crippen molar-refractivity contribution in [3.05, 3.63) is 126 Å². The van der Waals surface area contributed by atoms with Crippen LogP contribution in [0, 0.1) is 19.7 Å². The fourth-order valence-corrected chi connectivity index (χ4v) is 6.02. The zero-order valence-electron chi connectivity index (χ0n) is 26.4. The number of fused-ring (bicyclic) bond motifs is 1. The minimum absolute atomic E-state index is 0.0166. The van der Waals surface area contributed by atoms with Crippen LogP contribution in [0.15, 0.2) is 81.1 Å². The van der Waals surface area contributed by atoms with Gasteiger partial charge in [0.1, 0.15) is 22.6 Å². The van der Waals surface area contributed by atoms with E-state index in [1.807, 2.05) is 0 Å². The number of nitrogens with zero attached hydrogens (tertiary/aromatic N) is 4. The van der Waals surface area contributed by atoms with Gasteiger partial charge in [-0.05, 0) is 73.9 Å². The number of nitrogens with one attached hydrogen (secondary N) is 1. The molecule has 0 bridgehead atoms. The zero-order chi connectivity index (χ0) is 33.6. The fourth-order valence-electron chi connectivity index (χ4n) is 6.02. The van der Waals surface area contributed by atoms with Crippen molar-refractivity contribution >= 4 is 28.3 Å². The summed E-state index contributed by atoms with van der Waals surface area (Å²) in [6, 6.07) is 17.8. The van der Waals surface area contributed by atoms with E-state index in [1.165, 1.54) is 30.9 Å². The minimum atomic E-state index is -0.828. The topological polar surface area (TPSA) is 128 Å². The Morgan fingerprint density at radius 3 is 2.43 bits per heavy atom. The largest absolute Gasteiger partial charge is 0.497 e. The van der Waals surface area contributed by atoms with Crippen LogP contribution in [-0.2, 0) is 13.6 Å². The number of benzene rings is 3. The summed E-state index contributed by atoms with van der Waals surface area (Å²) in [5, 5.41) is 13.1. The Hall–Kier alpha value is -5.49. The lowest BCUT2D eigenvalue weighted by molar-refractivity contribution is 0.0765. The molecule has 11 nitrogen and oxygen atoms in total. The number of carbonyl (C=O) groups excluding carboxylic acids is 1. The lowest BCUT2D eigenvalue weighted by atomic mass is 10.1. The summed E-state index contributed by atoms with van der Waals surface area (Å²) in [4.78, 5) is 57.0. The molecule has 1 aliphatic rings. The zero-order valence-corrected chi connectivity index (χ0v) is 26.4. The third kappa shape index (κ3) is 5.72. The number of methoxy groups -OCH3 is 1. The van der Waals surface area contributed by atoms with Crippen molar-refractivity contribution in [3.63, 3.8) is 0 Å². The highest BCUT2D eigenvalue weighted by Crippen LogP contribution is 2.28. The van der Waals surface area contributed by atoms with E-state index in [1.54, 1.807) is 73.3 Å². The van der Waals surface area contributed by atoms with Crippen LogP contribution in [0.2, 0.25) is 0 Å². The molecular weight excluding hydrogens is 605 g/mol. The van der Waals surface area contributed by atoms with Gasteiger partial charge in [-0.1, -0.05) is 24.3 Å². The number of carbonyl (C=O) groups is 1. The first-order valence-electron chi connectivity index (χ1n) is 15.1. The summed E-state index contributed by atoms with van der Waals surface area (Å²) in [6.07, 6.45) is -0.0836. The lowest BCUT2D eigenvalue weighted by Gasteiger charge is -2.21. The molecule has 0 radical (unpaired) electrons. The third-order valence-corrected chi connectivity index (χ3v) is 8.56. The van der Waals surface area contributed by atoms with Gasteiger partial charge in [-0.15, -0.1) is 0 Å². The second-order valence-electron chi connectivity index (χ2n) is 11.8. The van der Waals surface area contributed by atoms with Crippen LogP contribution in [0.4, 0.5) is 15.8 Å². The van der Waals surface area contributed by atoms with E-state index in [4.69, 9.17) is 4.74 Å². The van der Waals surface area contributed by atoms with E-state index in [0.29, 0.717) is 41.1 Å². The molecule has 47 heavy (non-hydrogen) atoms. The maximum Gasteiger partial charge on any atom is 0.337 e. The molecule has 0 spiro atoms. The number of aromatic nitrogens is 3. The average molecular weight is 640 g/mol. The Bertz CT molecular complexity index is 2220. The Kier molecular flexibility index (Phi) is 8.29. The number of halogens is 1. The molecule has 5 aromatic rings. The number of anilines is 2. The smallest absolute Gasteiger partial charge is 0.337 e. The highest BCUT2D eigenvalue weighted by molar-refractivity contribution is 5.97. The second-order valence-corrected chi connectivity index (χ2v) is 11.8. The number of hydrogen-bond donors (Lipinski definition) is 2. The van der Waals surface area contributed by atoms with E-state index < -0.39 is 28.7 Å². The second kappa shape index (κ2) is 12.4. The van der Waals surface area contributed by atoms with Gasteiger partial charge in [0.05, 0.1) is 31.1 Å². The van der Waals surface area contributed by atoms with Crippen LogP contribution < -0.4 is 26.9 Å². The number of amides is 1. The summed E-state index contributed by atoms with van der Waals surface area (Å²) >= 11 is 0. The molecule has 0 saturated carbocycles. The Morgan fingerprint density at radius 2 is 1.77 bits per heavy atom. The van der Waals surface area contributed by atoms with E-state index in [0.717, 1.165) is 9.13 Å². The first-order valence-corrected chi connectivity index (χ1v) is 15.1. The molecule has 6 rings (SSSR count). The summed E-state index contributed by atoms with van der Waals surface area (Å²) in [5.41, 5.74) is 0.0702. The molecule has 3 heterocycles. The van der Waals surface area contributed by atoms with E-state index in [2.05, 4.69) is 5.32 Å². The predicted molar refractivity (Wildman–Crippen MR) is 177 cm³/mol. The van der Waals surface area contributed by atoms with Crippen LogP contribution in [0.1, 0.15) is 33.5 Å². The molecule has 1 aliphatic heterocycles. The number of aryl methyl sites for hydroxylation is 2. The molecule has 1 unspecified atom stereocenters. The first kappa shape index (κ1) is 31.5. The highest BCUT2D eigenvalue weighted by atomic mass is 19.1. The molecule has 2 aromatic heterocycles. The summed E-state index contributed by atoms with van der Waals surface area (Å²) in [6.45, 7) is 3.79. The number of pyridine rings is 1. The number of likely N-dealkylation sites (tertiary alicyclic amines) is 1.